The van der Waals surface area contributed by atoms with Gasteiger partial charge in [0.1, 0.15) is 11.9 Å². The first-order chi connectivity index (χ1) is 7.91. The van der Waals surface area contributed by atoms with Crippen LogP contribution in [-0.2, 0) is 11.3 Å². The Morgan fingerprint density at radius 2 is 2.29 bits per heavy atom. The molecular weight excluding hydrogens is 231 g/mol. The molecule has 0 bridgehead atoms. The number of halogens is 1. The number of nitro groups is 1. The van der Waals surface area contributed by atoms with Crippen molar-refractivity contribution in [1.82, 2.24) is 5.32 Å². The third-order valence-electron chi connectivity index (χ3n) is 2.21. The minimum atomic E-state index is -1.08. The lowest BCUT2D eigenvalue weighted by Crippen LogP contribution is -2.33. The van der Waals surface area contributed by atoms with Gasteiger partial charge in [-0.3, -0.25) is 14.9 Å². The molecule has 0 aliphatic heterocycles. The molecule has 1 aromatic rings. The summed E-state index contributed by atoms with van der Waals surface area (Å²) in [5, 5.41) is 21.8. The van der Waals surface area contributed by atoms with Crippen molar-refractivity contribution < 1.29 is 19.2 Å². The van der Waals surface area contributed by atoms with E-state index in [1.165, 1.54) is 6.92 Å². The molecule has 0 saturated carbocycles. The smallest absolute Gasteiger partial charge is 0.320 e. The lowest BCUT2D eigenvalue weighted by atomic mass is 10.1. The SMILES string of the molecule is C[C@H](NCc1cc(F)ccc1[N+](=O)[O-])C(=O)O. The molecule has 92 valence electrons. The monoisotopic (exact) mass is 242 g/mol. The van der Waals surface area contributed by atoms with Gasteiger partial charge in [0.05, 0.1) is 4.92 Å². The van der Waals surface area contributed by atoms with E-state index in [-0.39, 0.29) is 17.8 Å². The van der Waals surface area contributed by atoms with Crippen LogP contribution in [0.4, 0.5) is 10.1 Å². The average molecular weight is 242 g/mol. The number of hydrogen-bond acceptors (Lipinski definition) is 4. The lowest BCUT2D eigenvalue weighted by molar-refractivity contribution is -0.385. The maximum atomic E-state index is 12.9. The standard InChI is InChI=1S/C10H11FN2O4/c1-6(10(14)15)12-5-7-4-8(11)2-3-9(7)13(16)17/h2-4,6,12H,5H2,1H3,(H,14,15)/t6-/m0/s1. The summed E-state index contributed by atoms with van der Waals surface area (Å²) >= 11 is 0. The summed E-state index contributed by atoms with van der Waals surface area (Å²) in [5.41, 5.74) is -0.125. The highest BCUT2D eigenvalue weighted by molar-refractivity contribution is 5.72. The van der Waals surface area contributed by atoms with Crippen LogP contribution in [0.5, 0.6) is 0 Å². The van der Waals surface area contributed by atoms with Crippen molar-refractivity contribution in [3.63, 3.8) is 0 Å². The number of nitro benzene ring substituents is 1. The third kappa shape index (κ3) is 3.49. The van der Waals surface area contributed by atoms with Gasteiger partial charge >= 0.3 is 5.97 Å². The molecular formula is C10H11FN2O4. The van der Waals surface area contributed by atoms with Crippen LogP contribution < -0.4 is 5.32 Å². The Morgan fingerprint density at radius 3 is 2.82 bits per heavy atom. The van der Waals surface area contributed by atoms with Crippen LogP contribution in [0.2, 0.25) is 0 Å². The van der Waals surface area contributed by atoms with E-state index in [1.807, 2.05) is 0 Å². The number of hydrogen-bond donors (Lipinski definition) is 2. The molecule has 0 fully saturated rings. The van der Waals surface area contributed by atoms with E-state index in [2.05, 4.69) is 5.32 Å². The number of rotatable bonds is 5. The van der Waals surface area contributed by atoms with Crippen LogP contribution >= 0.6 is 0 Å². The van der Waals surface area contributed by atoms with Crippen molar-refractivity contribution in [2.75, 3.05) is 0 Å². The van der Waals surface area contributed by atoms with Gasteiger partial charge in [0.25, 0.3) is 5.69 Å². The second kappa shape index (κ2) is 5.35. The first-order valence-electron chi connectivity index (χ1n) is 4.81. The van der Waals surface area contributed by atoms with Gasteiger partial charge in [0.2, 0.25) is 0 Å². The Balaban J connectivity index is 2.85. The molecule has 1 rings (SSSR count). The zero-order valence-electron chi connectivity index (χ0n) is 9.01. The van der Waals surface area contributed by atoms with Gasteiger partial charge in [-0.2, -0.15) is 0 Å². The number of nitrogens with one attached hydrogen (secondary N) is 1. The highest BCUT2D eigenvalue weighted by atomic mass is 19.1. The number of carboxylic acids is 1. The van der Waals surface area contributed by atoms with Gasteiger partial charge in [-0.25, -0.2) is 4.39 Å². The Labute approximate surface area is 96.2 Å². The molecule has 0 aliphatic carbocycles. The second-order valence-corrected chi connectivity index (χ2v) is 3.47. The van der Waals surface area contributed by atoms with Crippen molar-refractivity contribution >= 4 is 11.7 Å². The average Bonchev–Trinajstić information content (AvgIpc) is 2.25. The van der Waals surface area contributed by atoms with Gasteiger partial charge in [-0.1, -0.05) is 0 Å². The Morgan fingerprint density at radius 1 is 1.65 bits per heavy atom. The van der Waals surface area contributed by atoms with E-state index in [1.54, 1.807) is 0 Å². The molecule has 1 aromatic carbocycles. The summed E-state index contributed by atoms with van der Waals surface area (Å²) < 4.78 is 12.9. The van der Waals surface area contributed by atoms with E-state index in [9.17, 15) is 19.3 Å². The zero-order chi connectivity index (χ0) is 13.0. The first-order valence-corrected chi connectivity index (χ1v) is 4.81. The molecule has 0 amide bonds. The number of nitrogens with zero attached hydrogens (tertiary/aromatic N) is 1. The molecule has 0 aromatic heterocycles. The van der Waals surface area contributed by atoms with Gasteiger partial charge < -0.3 is 10.4 Å². The van der Waals surface area contributed by atoms with Crippen LogP contribution in [0, 0.1) is 15.9 Å². The Kier molecular flexibility index (Phi) is 4.11. The molecule has 0 radical (unpaired) electrons. The van der Waals surface area contributed by atoms with Gasteiger partial charge in [-0.05, 0) is 19.1 Å². The second-order valence-electron chi connectivity index (χ2n) is 3.47. The Bertz CT molecular complexity index is 450. The molecule has 6 nitrogen and oxygen atoms in total. The topological polar surface area (TPSA) is 92.5 Å². The summed E-state index contributed by atoms with van der Waals surface area (Å²) in [7, 11) is 0. The van der Waals surface area contributed by atoms with E-state index >= 15 is 0 Å². The van der Waals surface area contributed by atoms with Gasteiger partial charge in [0, 0.05) is 18.2 Å². The highest BCUT2D eigenvalue weighted by Gasteiger charge is 2.16. The van der Waals surface area contributed by atoms with Crippen LogP contribution in [0.15, 0.2) is 18.2 Å². The number of aliphatic carboxylic acids is 1. The fourth-order valence-corrected chi connectivity index (χ4v) is 1.22. The molecule has 0 unspecified atom stereocenters. The van der Waals surface area contributed by atoms with Crippen LogP contribution in [0.1, 0.15) is 12.5 Å². The minimum Gasteiger partial charge on any atom is -0.480 e. The fraction of sp³-hybridized carbons (Fsp3) is 0.300. The van der Waals surface area contributed by atoms with Crippen molar-refractivity contribution in [3.05, 3.63) is 39.7 Å². The Hall–Kier alpha value is -2.02. The van der Waals surface area contributed by atoms with Crippen molar-refractivity contribution in [2.45, 2.75) is 19.5 Å². The number of carbonyl (C=O) groups is 1. The van der Waals surface area contributed by atoms with Crippen molar-refractivity contribution in [2.24, 2.45) is 0 Å². The number of carboxylic acid groups (broad SMARTS) is 1. The van der Waals surface area contributed by atoms with Gasteiger partial charge in [0.15, 0.2) is 0 Å². The summed E-state index contributed by atoms with van der Waals surface area (Å²) in [6.45, 7) is 1.31. The molecule has 7 heteroatoms. The molecule has 0 spiro atoms. The molecule has 17 heavy (non-hydrogen) atoms. The molecule has 0 aliphatic rings. The fourth-order valence-electron chi connectivity index (χ4n) is 1.22. The quantitative estimate of drug-likeness (QED) is 0.599. The van der Waals surface area contributed by atoms with Crippen LogP contribution in [0.3, 0.4) is 0 Å². The van der Waals surface area contributed by atoms with Gasteiger partial charge in [-0.15, -0.1) is 0 Å². The maximum absolute atomic E-state index is 12.9. The minimum absolute atomic E-state index is 0.0818. The van der Waals surface area contributed by atoms with Crippen molar-refractivity contribution in [1.29, 1.82) is 0 Å². The molecule has 0 saturated heterocycles. The van der Waals surface area contributed by atoms with E-state index < -0.39 is 22.8 Å². The molecule has 0 heterocycles. The van der Waals surface area contributed by atoms with E-state index in [0.717, 1.165) is 18.2 Å². The highest BCUT2D eigenvalue weighted by Crippen LogP contribution is 2.19. The molecule has 1 atom stereocenters. The van der Waals surface area contributed by atoms with Crippen LogP contribution in [-0.4, -0.2) is 22.0 Å². The first kappa shape index (κ1) is 13.0. The maximum Gasteiger partial charge on any atom is 0.320 e. The largest absolute Gasteiger partial charge is 0.480 e. The van der Waals surface area contributed by atoms with Crippen molar-refractivity contribution in [3.8, 4) is 0 Å². The predicted octanol–water partition coefficient (Wildman–Crippen LogP) is 1.30. The summed E-state index contributed by atoms with van der Waals surface area (Å²) in [6, 6.07) is 2.19. The normalized spacial score (nSPS) is 12.1. The summed E-state index contributed by atoms with van der Waals surface area (Å²) in [5.74, 6) is -1.68. The zero-order valence-corrected chi connectivity index (χ0v) is 9.01. The third-order valence-corrected chi connectivity index (χ3v) is 2.21. The van der Waals surface area contributed by atoms with E-state index in [0.29, 0.717) is 0 Å². The number of benzene rings is 1. The van der Waals surface area contributed by atoms with Crippen LogP contribution in [0.25, 0.3) is 0 Å². The lowest BCUT2D eigenvalue weighted by Gasteiger charge is -2.09. The van der Waals surface area contributed by atoms with E-state index in [4.69, 9.17) is 5.11 Å². The molecule has 2 N–H and O–H groups in total. The predicted molar refractivity (Wildman–Crippen MR) is 57.0 cm³/mol. The summed E-state index contributed by atoms with van der Waals surface area (Å²) in [4.78, 5) is 20.5. The summed E-state index contributed by atoms with van der Waals surface area (Å²) in [6.07, 6.45) is 0.